The maximum absolute atomic E-state index is 12.2. The number of nitrogens with two attached hydrogens (primary N) is 1. The average Bonchev–Trinajstić information content (AvgIpc) is 2.85. The summed E-state index contributed by atoms with van der Waals surface area (Å²) >= 11 is 1.23. The van der Waals surface area contributed by atoms with Gasteiger partial charge in [-0.15, -0.1) is 0 Å². The van der Waals surface area contributed by atoms with Gasteiger partial charge in [-0.3, -0.25) is 4.79 Å². The Morgan fingerprint density at radius 1 is 1.61 bits per heavy atom. The number of amides is 1. The molecule has 0 bridgehead atoms. The van der Waals surface area contributed by atoms with Gasteiger partial charge in [0.15, 0.2) is 5.13 Å². The summed E-state index contributed by atoms with van der Waals surface area (Å²) in [5.74, 6) is 0.00634. The first-order chi connectivity index (χ1) is 8.60. The lowest BCUT2D eigenvalue weighted by molar-refractivity contribution is 0.0341. The Hall–Kier alpha value is -1.14. The number of aliphatic hydroxyl groups is 1. The van der Waals surface area contributed by atoms with E-state index in [4.69, 9.17) is 5.73 Å². The van der Waals surface area contributed by atoms with Crippen LogP contribution in [0.3, 0.4) is 0 Å². The van der Waals surface area contributed by atoms with Gasteiger partial charge in [0.05, 0.1) is 6.20 Å². The maximum Gasteiger partial charge on any atom is 0.265 e. The molecule has 1 aliphatic heterocycles. The molecule has 1 fully saturated rings. The van der Waals surface area contributed by atoms with Gasteiger partial charge in [0, 0.05) is 19.7 Å². The Labute approximate surface area is 111 Å². The van der Waals surface area contributed by atoms with Gasteiger partial charge in [0.2, 0.25) is 0 Å². The van der Waals surface area contributed by atoms with Crippen molar-refractivity contribution in [2.24, 2.45) is 5.41 Å². The van der Waals surface area contributed by atoms with Crippen LogP contribution in [0.5, 0.6) is 0 Å². The number of piperidine rings is 1. The largest absolute Gasteiger partial charge is 0.396 e. The van der Waals surface area contributed by atoms with Crippen molar-refractivity contribution in [1.82, 2.24) is 9.88 Å². The first-order valence-electron chi connectivity index (χ1n) is 6.22. The van der Waals surface area contributed by atoms with Gasteiger partial charge >= 0.3 is 0 Å². The third-order valence-corrected chi connectivity index (χ3v) is 4.75. The van der Waals surface area contributed by atoms with Gasteiger partial charge in [-0.05, 0) is 24.7 Å². The Bertz CT molecular complexity index is 419. The van der Waals surface area contributed by atoms with E-state index >= 15 is 0 Å². The normalized spacial score (nSPS) is 18.9. The number of nitrogen functional groups attached to an aromatic ring is 1. The minimum atomic E-state index is 0.00348. The van der Waals surface area contributed by atoms with E-state index in [0.29, 0.717) is 23.1 Å². The van der Waals surface area contributed by atoms with Crippen LogP contribution < -0.4 is 5.73 Å². The number of aromatic nitrogens is 1. The Morgan fingerprint density at radius 3 is 2.72 bits per heavy atom. The van der Waals surface area contributed by atoms with Gasteiger partial charge in [-0.1, -0.05) is 18.3 Å². The zero-order valence-electron chi connectivity index (χ0n) is 10.6. The standard InChI is InChI=1S/C12H19N3O2S/c1-2-12(8-16)3-5-15(6-4-12)10(17)9-7-14-11(13)18-9/h7,16H,2-6,8H2,1H3,(H2,13,14). The van der Waals surface area contributed by atoms with E-state index in [-0.39, 0.29) is 17.9 Å². The summed E-state index contributed by atoms with van der Waals surface area (Å²) in [5, 5.41) is 9.88. The van der Waals surface area contributed by atoms with Crippen molar-refractivity contribution in [2.45, 2.75) is 26.2 Å². The molecule has 3 N–H and O–H groups in total. The second kappa shape index (κ2) is 5.24. The number of anilines is 1. The van der Waals surface area contributed by atoms with Gasteiger partial charge in [-0.2, -0.15) is 0 Å². The first-order valence-corrected chi connectivity index (χ1v) is 7.03. The molecule has 1 aliphatic rings. The van der Waals surface area contributed by atoms with Crippen LogP contribution in [-0.2, 0) is 0 Å². The lowest BCUT2D eigenvalue weighted by atomic mass is 9.77. The predicted octanol–water partition coefficient (Wildman–Crippen LogP) is 1.35. The molecule has 0 unspecified atom stereocenters. The number of aliphatic hydroxyl groups excluding tert-OH is 1. The third kappa shape index (κ3) is 2.49. The minimum absolute atomic E-state index is 0.00348. The van der Waals surface area contributed by atoms with Gasteiger partial charge in [-0.25, -0.2) is 4.98 Å². The number of carbonyl (C=O) groups is 1. The molecule has 1 amide bonds. The molecule has 2 heterocycles. The van der Waals surface area contributed by atoms with Gasteiger partial charge in [0.1, 0.15) is 4.88 Å². The average molecular weight is 269 g/mol. The van der Waals surface area contributed by atoms with Crippen molar-refractivity contribution < 1.29 is 9.90 Å². The highest BCUT2D eigenvalue weighted by molar-refractivity contribution is 7.17. The second-order valence-electron chi connectivity index (χ2n) is 4.87. The smallest absolute Gasteiger partial charge is 0.265 e. The van der Waals surface area contributed by atoms with Gasteiger partial charge < -0.3 is 15.7 Å². The van der Waals surface area contributed by atoms with E-state index in [1.165, 1.54) is 17.5 Å². The summed E-state index contributed by atoms with van der Waals surface area (Å²) in [6, 6.07) is 0. The fourth-order valence-electron chi connectivity index (χ4n) is 2.35. The van der Waals surface area contributed by atoms with E-state index in [1.807, 2.05) is 4.90 Å². The van der Waals surface area contributed by atoms with Crippen molar-refractivity contribution in [3.05, 3.63) is 11.1 Å². The van der Waals surface area contributed by atoms with E-state index < -0.39 is 0 Å². The molecule has 18 heavy (non-hydrogen) atoms. The summed E-state index contributed by atoms with van der Waals surface area (Å²) in [7, 11) is 0. The predicted molar refractivity (Wildman–Crippen MR) is 71.5 cm³/mol. The van der Waals surface area contributed by atoms with Crippen molar-refractivity contribution in [3.63, 3.8) is 0 Å². The number of nitrogens with zero attached hydrogens (tertiary/aromatic N) is 2. The number of hydrogen-bond acceptors (Lipinski definition) is 5. The highest BCUT2D eigenvalue weighted by Crippen LogP contribution is 2.34. The topological polar surface area (TPSA) is 79.5 Å². The molecule has 0 aliphatic carbocycles. The molecule has 1 aromatic rings. The van der Waals surface area contributed by atoms with E-state index in [0.717, 1.165) is 19.3 Å². The van der Waals surface area contributed by atoms with Crippen LogP contribution in [0.2, 0.25) is 0 Å². The lowest BCUT2D eigenvalue weighted by Crippen LogP contribution is -2.44. The number of rotatable bonds is 3. The van der Waals surface area contributed by atoms with E-state index in [2.05, 4.69) is 11.9 Å². The molecule has 1 aromatic heterocycles. The number of likely N-dealkylation sites (tertiary alicyclic amines) is 1. The Kier molecular flexibility index (Phi) is 3.87. The Morgan fingerprint density at radius 2 is 2.28 bits per heavy atom. The minimum Gasteiger partial charge on any atom is -0.396 e. The molecule has 100 valence electrons. The SMILES string of the molecule is CCC1(CO)CCN(C(=O)c2cnc(N)s2)CC1. The van der Waals surface area contributed by atoms with Crippen molar-refractivity contribution in [3.8, 4) is 0 Å². The molecule has 0 spiro atoms. The fraction of sp³-hybridized carbons (Fsp3) is 0.667. The van der Waals surface area contributed by atoms with Crippen LogP contribution in [0.15, 0.2) is 6.20 Å². The summed E-state index contributed by atoms with van der Waals surface area (Å²) in [5.41, 5.74) is 5.54. The van der Waals surface area contributed by atoms with Crippen molar-refractivity contribution in [2.75, 3.05) is 25.4 Å². The fourth-order valence-corrected chi connectivity index (χ4v) is 3.00. The molecule has 6 heteroatoms. The molecule has 5 nitrogen and oxygen atoms in total. The van der Waals surface area contributed by atoms with Crippen LogP contribution in [0.4, 0.5) is 5.13 Å². The molecule has 0 atom stereocenters. The summed E-state index contributed by atoms with van der Waals surface area (Å²) in [6.45, 7) is 3.70. The molecule has 1 saturated heterocycles. The van der Waals surface area contributed by atoms with Crippen molar-refractivity contribution in [1.29, 1.82) is 0 Å². The summed E-state index contributed by atoms with van der Waals surface area (Å²) in [4.78, 5) is 18.5. The second-order valence-corrected chi connectivity index (χ2v) is 5.93. The van der Waals surface area contributed by atoms with E-state index in [9.17, 15) is 9.90 Å². The third-order valence-electron chi connectivity index (χ3n) is 3.93. The molecule has 0 aromatic carbocycles. The summed E-state index contributed by atoms with van der Waals surface area (Å²) < 4.78 is 0. The maximum atomic E-state index is 12.2. The molecule has 2 rings (SSSR count). The van der Waals surface area contributed by atoms with Crippen LogP contribution in [0, 0.1) is 5.41 Å². The summed E-state index contributed by atoms with van der Waals surface area (Å²) in [6.07, 6.45) is 4.22. The van der Waals surface area contributed by atoms with Crippen LogP contribution in [0.25, 0.3) is 0 Å². The van der Waals surface area contributed by atoms with Gasteiger partial charge in [0.25, 0.3) is 5.91 Å². The van der Waals surface area contributed by atoms with Crippen molar-refractivity contribution >= 4 is 22.4 Å². The first kappa shape index (κ1) is 13.3. The zero-order valence-corrected chi connectivity index (χ0v) is 11.4. The molecule has 0 saturated carbocycles. The van der Waals surface area contributed by atoms with Crippen LogP contribution in [-0.4, -0.2) is 40.6 Å². The molecular formula is C12H19N3O2S. The number of hydrogen-bond donors (Lipinski definition) is 2. The number of thiazole rings is 1. The van der Waals surface area contributed by atoms with E-state index in [1.54, 1.807) is 0 Å². The zero-order chi connectivity index (χ0) is 13.2. The van der Waals surface area contributed by atoms with Crippen LogP contribution in [0.1, 0.15) is 35.9 Å². The molecule has 0 radical (unpaired) electrons. The Balaban J connectivity index is 1.99. The highest BCUT2D eigenvalue weighted by atomic mass is 32.1. The molecular weight excluding hydrogens is 250 g/mol. The monoisotopic (exact) mass is 269 g/mol. The lowest BCUT2D eigenvalue weighted by Gasteiger charge is -2.40. The number of carbonyl (C=O) groups excluding carboxylic acids is 1. The highest BCUT2D eigenvalue weighted by Gasteiger charge is 2.34. The van der Waals surface area contributed by atoms with Crippen LogP contribution >= 0.6 is 11.3 Å². The quantitative estimate of drug-likeness (QED) is 0.868.